The largest absolute Gasteiger partial charge is 0.484 e. The summed E-state index contributed by atoms with van der Waals surface area (Å²) in [7, 11) is 0. The number of ether oxygens (including phenoxy) is 1. The van der Waals surface area contributed by atoms with Gasteiger partial charge in [0.1, 0.15) is 29.0 Å². The van der Waals surface area contributed by atoms with Gasteiger partial charge in [0.05, 0.1) is 11.4 Å². The van der Waals surface area contributed by atoms with E-state index in [9.17, 15) is 14.4 Å². The van der Waals surface area contributed by atoms with Crippen LogP contribution in [0, 0.1) is 17.1 Å². The van der Waals surface area contributed by atoms with E-state index in [4.69, 9.17) is 10.5 Å². The van der Waals surface area contributed by atoms with Crippen molar-refractivity contribution in [2.24, 2.45) is 0 Å². The molecule has 0 spiro atoms. The van der Waals surface area contributed by atoms with Crippen molar-refractivity contribution in [3.63, 3.8) is 0 Å². The van der Waals surface area contributed by atoms with Gasteiger partial charge in [0.15, 0.2) is 6.61 Å². The van der Waals surface area contributed by atoms with Crippen molar-refractivity contribution >= 4 is 27.7 Å². The number of amides is 1. The molecule has 0 aliphatic heterocycles. The summed E-state index contributed by atoms with van der Waals surface area (Å²) in [4.78, 5) is 11.9. The number of nitrogens with two attached hydrogens (primary N) is 1. The first kappa shape index (κ1) is 21.3. The summed E-state index contributed by atoms with van der Waals surface area (Å²) in [6.45, 7) is 0.313. The number of hydrogen-bond donors (Lipinski definition) is 2. The van der Waals surface area contributed by atoms with Crippen LogP contribution >= 0.6 is 15.9 Å². The molecule has 0 aliphatic carbocycles. The van der Waals surface area contributed by atoms with Gasteiger partial charge >= 0.3 is 0 Å². The Morgan fingerprint density at radius 3 is 2.60 bits per heavy atom. The van der Waals surface area contributed by atoms with Crippen LogP contribution in [0.5, 0.6) is 5.75 Å². The summed E-state index contributed by atoms with van der Waals surface area (Å²) in [5, 5.41) is 16.6. The number of nitrogen functional groups attached to an aromatic ring is 1. The summed E-state index contributed by atoms with van der Waals surface area (Å²) >= 11 is 3.33. The summed E-state index contributed by atoms with van der Waals surface area (Å²) in [6.07, 6.45) is 1.02. The fourth-order valence-electron chi connectivity index (χ4n) is 2.77. The van der Waals surface area contributed by atoms with Gasteiger partial charge in [0.2, 0.25) is 0 Å². The number of aromatic nitrogens is 2. The molecule has 0 radical (unpaired) electrons. The molecule has 3 N–H and O–H groups in total. The van der Waals surface area contributed by atoms with E-state index in [1.54, 1.807) is 12.1 Å². The molecule has 154 valence electrons. The highest BCUT2D eigenvalue weighted by atomic mass is 79.9. The van der Waals surface area contributed by atoms with Crippen LogP contribution in [0.1, 0.15) is 17.7 Å². The van der Waals surface area contributed by atoms with Crippen LogP contribution in [-0.2, 0) is 11.2 Å². The maximum absolute atomic E-state index is 13.1. The predicted molar refractivity (Wildman–Crippen MR) is 114 cm³/mol. The van der Waals surface area contributed by atoms with Gasteiger partial charge in [0, 0.05) is 11.0 Å². The maximum atomic E-state index is 13.1. The molecular weight excluding hydrogens is 453 g/mol. The van der Waals surface area contributed by atoms with Crippen LogP contribution in [0.4, 0.5) is 10.2 Å². The topological polar surface area (TPSA) is 106 Å². The van der Waals surface area contributed by atoms with Crippen molar-refractivity contribution in [2.45, 2.75) is 12.8 Å². The van der Waals surface area contributed by atoms with Crippen molar-refractivity contribution < 1.29 is 13.9 Å². The zero-order valence-corrected chi connectivity index (χ0v) is 17.5. The smallest absolute Gasteiger partial charge is 0.257 e. The third-order valence-corrected chi connectivity index (χ3v) is 4.80. The summed E-state index contributed by atoms with van der Waals surface area (Å²) in [5.74, 6) is 0.194. The van der Waals surface area contributed by atoms with E-state index in [1.807, 2.05) is 12.1 Å². The number of carbonyl (C=O) groups is 1. The molecule has 1 heterocycles. The lowest BCUT2D eigenvalue weighted by atomic mass is 10.1. The molecule has 30 heavy (non-hydrogen) atoms. The standard InChI is InChI=1S/C21H19BrFN5O2/c22-14-3-9-17(10-4-14)30-13-20(29)26-11-1-2-19-18(12-24)21(25)28(27-19)16-7-5-15(23)6-8-16/h3-10H,1-2,11,13,25H2,(H,26,29). The molecule has 0 saturated heterocycles. The lowest BCUT2D eigenvalue weighted by molar-refractivity contribution is -0.123. The Hall–Kier alpha value is -3.38. The highest BCUT2D eigenvalue weighted by Gasteiger charge is 2.16. The number of rotatable bonds is 8. The molecule has 0 atom stereocenters. The van der Waals surface area contributed by atoms with Gasteiger partial charge in [-0.2, -0.15) is 10.4 Å². The third kappa shape index (κ3) is 5.36. The minimum atomic E-state index is -0.370. The highest BCUT2D eigenvalue weighted by molar-refractivity contribution is 9.10. The fraction of sp³-hybridized carbons (Fsp3) is 0.190. The van der Waals surface area contributed by atoms with Crippen LogP contribution in [-0.4, -0.2) is 28.8 Å². The second-order valence-electron chi connectivity index (χ2n) is 6.40. The Bertz CT molecular complexity index is 1060. The van der Waals surface area contributed by atoms with E-state index in [-0.39, 0.29) is 29.7 Å². The lowest BCUT2D eigenvalue weighted by Gasteiger charge is -2.07. The first-order valence-electron chi connectivity index (χ1n) is 9.16. The van der Waals surface area contributed by atoms with E-state index in [1.165, 1.54) is 28.9 Å². The number of nitrogens with zero attached hydrogens (tertiary/aromatic N) is 3. The number of aryl methyl sites for hydroxylation is 1. The third-order valence-electron chi connectivity index (χ3n) is 4.27. The highest BCUT2D eigenvalue weighted by Crippen LogP contribution is 2.21. The van der Waals surface area contributed by atoms with Gasteiger partial charge in [-0.15, -0.1) is 0 Å². The quantitative estimate of drug-likeness (QED) is 0.490. The number of hydrogen-bond acceptors (Lipinski definition) is 5. The van der Waals surface area contributed by atoms with E-state index >= 15 is 0 Å². The summed E-state index contributed by atoms with van der Waals surface area (Å²) in [5.41, 5.74) is 7.41. The zero-order valence-electron chi connectivity index (χ0n) is 15.9. The van der Waals surface area contributed by atoms with Gasteiger partial charge in [-0.3, -0.25) is 4.79 Å². The lowest BCUT2D eigenvalue weighted by Crippen LogP contribution is -2.29. The van der Waals surface area contributed by atoms with Crippen LogP contribution < -0.4 is 15.8 Å². The van der Waals surface area contributed by atoms with Crippen LogP contribution in [0.3, 0.4) is 0 Å². The second kappa shape index (κ2) is 9.89. The number of nitrogens with one attached hydrogen (secondary N) is 1. The van der Waals surface area contributed by atoms with Crippen LogP contribution in [0.25, 0.3) is 5.69 Å². The zero-order chi connectivity index (χ0) is 21.5. The molecule has 2 aromatic carbocycles. The van der Waals surface area contributed by atoms with Crippen molar-refractivity contribution in [2.75, 3.05) is 18.9 Å². The second-order valence-corrected chi connectivity index (χ2v) is 7.32. The molecule has 3 aromatic rings. The molecule has 9 heteroatoms. The van der Waals surface area contributed by atoms with Gasteiger partial charge in [0.25, 0.3) is 5.91 Å². The van der Waals surface area contributed by atoms with Gasteiger partial charge in [-0.1, -0.05) is 15.9 Å². The maximum Gasteiger partial charge on any atom is 0.257 e. The van der Waals surface area contributed by atoms with E-state index in [0.29, 0.717) is 36.5 Å². The first-order chi connectivity index (χ1) is 14.5. The Morgan fingerprint density at radius 2 is 1.93 bits per heavy atom. The summed E-state index contributed by atoms with van der Waals surface area (Å²) in [6, 6.07) is 14.9. The number of benzene rings is 2. The monoisotopic (exact) mass is 471 g/mol. The van der Waals surface area contributed by atoms with Crippen molar-refractivity contribution in [1.29, 1.82) is 5.26 Å². The Kier molecular flexibility index (Phi) is 7.03. The van der Waals surface area contributed by atoms with E-state index in [2.05, 4.69) is 32.4 Å². The number of halogens is 2. The molecule has 0 saturated carbocycles. The Balaban J connectivity index is 1.51. The molecular formula is C21H19BrFN5O2. The molecule has 1 aromatic heterocycles. The van der Waals surface area contributed by atoms with E-state index in [0.717, 1.165) is 4.47 Å². The minimum Gasteiger partial charge on any atom is -0.484 e. The van der Waals surface area contributed by atoms with Gasteiger partial charge < -0.3 is 15.8 Å². The van der Waals surface area contributed by atoms with Crippen molar-refractivity contribution in [1.82, 2.24) is 15.1 Å². The number of nitriles is 1. The normalized spacial score (nSPS) is 10.4. The summed E-state index contributed by atoms with van der Waals surface area (Å²) < 4.78 is 20.9. The Morgan fingerprint density at radius 1 is 1.23 bits per heavy atom. The fourth-order valence-corrected chi connectivity index (χ4v) is 3.03. The molecule has 0 unspecified atom stereocenters. The van der Waals surface area contributed by atoms with E-state index < -0.39 is 0 Å². The van der Waals surface area contributed by atoms with Crippen molar-refractivity contribution in [3.8, 4) is 17.5 Å². The molecule has 0 bridgehead atoms. The minimum absolute atomic E-state index is 0.0861. The molecule has 3 rings (SSSR count). The molecule has 0 aliphatic rings. The number of carbonyl (C=O) groups excluding carboxylic acids is 1. The molecule has 1 amide bonds. The van der Waals surface area contributed by atoms with Crippen LogP contribution in [0.2, 0.25) is 0 Å². The number of anilines is 1. The average molecular weight is 472 g/mol. The Labute approximate surface area is 181 Å². The molecule has 0 fully saturated rings. The molecule has 7 nitrogen and oxygen atoms in total. The van der Waals surface area contributed by atoms with Gasteiger partial charge in [-0.25, -0.2) is 9.07 Å². The van der Waals surface area contributed by atoms with Crippen molar-refractivity contribution in [3.05, 3.63) is 70.1 Å². The van der Waals surface area contributed by atoms with Gasteiger partial charge in [-0.05, 0) is 61.4 Å². The predicted octanol–water partition coefficient (Wildman–Crippen LogP) is 3.36. The average Bonchev–Trinajstić information content (AvgIpc) is 3.06. The van der Waals surface area contributed by atoms with Crippen LogP contribution in [0.15, 0.2) is 53.0 Å². The SMILES string of the molecule is N#Cc1c(CCCNC(=O)COc2ccc(Br)cc2)nn(-c2ccc(F)cc2)c1N. The first-order valence-corrected chi connectivity index (χ1v) is 9.95.